The Morgan fingerprint density at radius 1 is 1.53 bits per heavy atom. The van der Waals surface area contributed by atoms with Crippen molar-refractivity contribution in [2.45, 2.75) is 6.54 Å². The fourth-order valence-electron chi connectivity index (χ4n) is 1.65. The molecular weight excluding hydrogens is 310 g/mol. The Hall–Kier alpha value is -1.11. The van der Waals surface area contributed by atoms with Crippen LogP contribution >= 0.6 is 15.9 Å². The molecule has 1 amide bonds. The molecule has 0 spiro atoms. The number of amides is 1. The van der Waals surface area contributed by atoms with E-state index in [2.05, 4.69) is 21.2 Å². The summed E-state index contributed by atoms with van der Waals surface area (Å²) in [6, 6.07) is 5.76. The summed E-state index contributed by atoms with van der Waals surface area (Å²) in [5.74, 6) is -0.0183. The first-order valence-electron chi connectivity index (χ1n) is 6.01. The molecule has 0 aliphatic heterocycles. The van der Waals surface area contributed by atoms with Crippen LogP contribution in [0.5, 0.6) is 0 Å². The number of methoxy groups -OCH3 is 1. The Kier molecular flexibility index (Phi) is 6.83. The summed E-state index contributed by atoms with van der Waals surface area (Å²) in [7, 11) is 3.49. The van der Waals surface area contributed by atoms with Crippen molar-refractivity contribution in [3.05, 3.63) is 28.2 Å². The summed E-state index contributed by atoms with van der Waals surface area (Å²) in [6.07, 6.45) is 0. The maximum Gasteiger partial charge on any atom is 0.234 e. The van der Waals surface area contributed by atoms with E-state index in [0.717, 1.165) is 15.7 Å². The third kappa shape index (κ3) is 6.04. The monoisotopic (exact) mass is 329 g/mol. The van der Waals surface area contributed by atoms with Gasteiger partial charge in [-0.3, -0.25) is 9.69 Å². The van der Waals surface area contributed by atoms with Gasteiger partial charge in [0.15, 0.2) is 0 Å². The molecule has 0 radical (unpaired) electrons. The van der Waals surface area contributed by atoms with Crippen LogP contribution in [0, 0.1) is 0 Å². The number of nitrogen functional groups attached to an aromatic ring is 1. The molecule has 106 valence electrons. The van der Waals surface area contributed by atoms with Gasteiger partial charge in [-0.25, -0.2) is 0 Å². The molecule has 1 aromatic rings. The van der Waals surface area contributed by atoms with Crippen LogP contribution in [0.3, 0.4) is 0 Å². The predicted molar refractivity (Wildman–Crippen MR) is 79.8 cm³/mol. The highest BCUT2D eigenvalue weighted by Crippen LogP contribution is 2.19. The Labute approximate surface area is 122 Å². The lowest BCUT2D eigenvalue weighted by Crippen LogP contribution is -2.36. The largest absolute Gasteiger partial charge is 0.398 e. The molecule has 0 aliphatic rings. The average Bonchev–Trinajstić information content (AvgIpc) is 2.33. The van der Waals surface area contributed by atoms with Gasteiger partial charge in [-0.1, -0.05) is 22.0 Å². The highest BCUT2D eigenvalue weighted by Gasteiger charge is 2.08. The Bertz CT molecular complexity index is 426. The number of carbonyl (C=O) groups excluding carboxylic acids is 1. The molecule has 5 nitrogen and oxygen atoms in total. The van der Waals surface area contributed by atoms with Crippen molar-refractivity contribution in [2.24, 2.45) is 0 Å². The van der Waals surface area contributed by atoms with Crippen LogP contribution in [-0.2, 0) is 16.1 Å². The maximum absolute atomic E-state index is 11.6. The highest BCUT2D eigenvalue weighted by atomic mass is 79.9. The second kappa shape index (κ2) is 8.14. The minimum Gasteiger partial charge on any atom is -0.398 e. The minimum atomic E-state index is -0.0183. The average molecular weight is 330 g/mol. The normalized spacial score (nSPS) is 10.7. The Morgan fingerprint density at radius 3 is 2.89 bits per heavy atom. The first-order valence-corrected chi connectivity index (χ1v) is 6.80. The fourth-order valence-corrected chi connectivity index (χ4v) is 2.03. The van der Waals surface area contributed by atoms with Crippen LogP contribution in [0.15, 0.2) is 22.7 Å². The van der Waals surface area contributed by atoms with Crippen molar-refractivity contribution in [1.29, 1.82) is 0 Å². The predicted octanol–water partition coefficient (Wildman–Crippen LogP) is 1.23. The van der Waals surface area contributed by atoms with Crippen LogP contribution < -0.4 is 11.1 Å². The molecule has 1 rings (SSSR count). The number of rotatable bonds is 7. The van der Waals surface area contributed by atoms with E-state index in [1.165, 1.54) is 0 Å². The van der Waals surface area contributed by atoms with Gasteiger partial charge in [0.25, 0.3) is 0 Å². The number of nitrogens with zero attached hydrogens (tertiary/aromatic N) is 1. The standard InChI is InChI=1S/C13H20BrN3O2/c1-17(9-13(18)16-5-6-19-2)8-10-3-4-11(14)7-12(10)15/h3-4,7H,5-6,8-9,15H2,1-2H3,(H,16,18). The van der Waals surface area contributed by atoms with Gasteiger partial charge in [0.2, 0.25) is 5.91 Å². The molecule has 0 aromatic heterocycles. The van der Waals surface area contributed by atoms with E-state index >= 15 is 0 Å². The second-order valence-electron chi connectivity index (χ2n) is 4.36. The number of nitrogens with one attached hydrogen (secondary N) is 1. The van der Waals surface area contributed by atoms with Crippen molar-refractivity contribution in [1.82, 2.24) is 10.2 Å². The third-order valence-electron chi connectivity index (χ3n) is 2.59. The van der Waals surface area contributed by atoms with Crippen molar-refractivity contribution in [3.63, 3.8) is 0 Å². The second-order valence-corrected chi connectivity index (χ2v) is 5.27. The molecular formula is C13H20BrN3O2. The fraction of sp³-hybridized carbons (Fsp3) is 0.462. The molecule has 0 fully saturated rings. The number of anilines is 1. The first-order chi connectivity index (χ1) is 9.02. The lowest BCUT2D eigenvalue weighted by atomic mass is 10.2. The Morgan fingerprint density at radius 2 is 2.26 bits per heavy atom. The van der Waals surface area contributed by atoms with Crippen molar-refractivity contribution >= 4 is 27.5 Å². The van der Waals surface area contributed by atoms with Gasteiger partial charge in [0.05, 0.1) is 13.2 Å². The van der Waals surface area contributed by atoms with Gasteiger partial charge in [-0.2, -0.15) is 0 Å². The van der Waals surface area contributed by atoms with E-state index in [4.69, 9.17) is 10.5 Å². The van der Waals surface area contributed by atoms with E-state index in [-0.39, 0.29) is 5.91 Å². The highest BCUT2D eigenvalue weighted by molar-refractivity contribution is 9.10. The van der Waals surface area contributed by atoms with Gasteiger partial charge in [0.1, 0.15) is 0 Å². The summed E-state index contributed by atoms with van der Waals surface area (Å²) < 4.78 is 5.82. The number of ether oxygens (including phenoxy) is 1. The van der Waals surface area contributed by atoms with Crippen LogP contribution in [0.1, 0.15) is 5.56 Å². The van der Waals surface area contributed by atoms with Gasteiger partial charge in [-0.05, 0) is 24.7 Å². The van der Waals surface area contributed by atoms with Gasteiger partial charge in [-0.15, -0.1) is 0 Å². The first kappa shape index (κ1) is 15.9. The van der Waals surface area contributed by atoms with E-state index in [0.29, 0.717) is 26.2 Å². The molecule has 0 saturated carbocycles. The molecule has 6 heteroatoms. The molecule has 0 saturated heterocycles. The molecule has 0 aliphatic carbocycles. The lowest BCUT2D eigenvalue weighted by Gasteiger charge is -2.17. The molecule has 3 N–H and O–H groups in total. The van der Waals surface area contributed by atoms with Crippen LogP contribution in [0.25, 0.3) is 0 Å². The van der Waals surface area contributed by atoms with Crippen LogP contribution in [-0.4, -0.2) is 44.7 Å². The Balaban J connectivity index is 2.42. The number of halogens is 1. The van der Waals surface area contributed by atoms with Crippen molar-refractivity contribution < 1.29 is 9.53 Å². The molecule has 0 unspecified atom stereocenters. The topological polar surface area (TPSA) is 67.6 Å². The number of carbonyl (C=O) groups is 1. The number of benzene rings is 1. The molecule has 19 heavy (non-hydrogen) atoms. The van der Waals surface area contributed by atoms with E-state index in [9.17, 15) is 4.79 Å². The molecule has 0 atom stereocenters. The number of hydrogen-bond donors (Lipinski definition) is 2. The quantitative estimate of drug-likeness (QED) is 0.583. The number of nitrogens with two attached hydrogens (primary N) is 1. The zero-order chi connectivity index (χ0) is 14.3. The summed E-state index contributed by atoms with van der Waals surface area (Å²) in [6.45, 7) is 2.02. The smallest absolute Gasteiger partial charge is 0.234 e. The van der Waals surface area contributed by atoms with Crippen molar-refractivity contribution in [3.8, 4) is 0 Å². The zero-order valence-corrected chi connectivity index (χ0v) is 12.9. The molecule has 0 bridgehead atoms. The van der Waals surface area contributed by atoms with Gasteiger partial charge >= 0.3 is 0 Å². The molecule has 1 aromatic carbocycles. The van der Waals surface area contributed by atoms with E-state index in [1.807, 2.05) is 30.1 Å². The summed E-state index contributed by atoms with van der Waals surface area (Å²) >= 11 is 3.37. The number of likely N-dealkylation sites (N-methyl/N-ethyl adjacent to an activating group) is 1. The van der Waals surface area contributed by atoms with Gasteiger partial charge in [0, 0.05) is 30.4 Å². The van der Waals surface area contributed by atoms with Crippen LogP contribution in [0.2, 0.25) is 0 Å². The maximum atomic E-state index is 11.6. The summed E-state index contributed by atoms with van der Waals surface area (Å²) in [5.41, 5.74) is 7.66. The minimum absolute atomic E-state index is 0.0183. The number of hydrogen-bond acceptors (Lipinski definition) is 4. The van der Waals surface area contributed by atoms with E-state index < -0.39 is 0 Å². The molecule has 0 heterocycles. The summed E-state index contributed by atoms with van der Waals surface area (Å²) in [4.78, 5) is 13.5. The third-order valence-corrected chi connectivity index (χ3v) is 3.08. The zero-order valence-electron chi connectivity index (χ0n) is 11.3. The van der Waals surface area contributed by atoms with Gasteiger partial charge < -0.3 is 15.8 Å². The summed E-state index contributed by atoms with van der Waals surface area (Å²) in [5, 5.41) is 2.78. The van der Waals surface area contributed by atoms with Crippen molar-refractivity contribution in [2.75, 3.05) is 39.6 Å². The SMILES string of the molecule is COCCNC(=O)CN(C)Cc1ccc(Br)cc1N. The lowest BCUT2D eigenvalue weighted by molar-refractivity contribution is -0.122. The van der Waals surface area contributed by atoms with Crippen LogP contribution in [0.4, 0.5) is 5.69 Å². The van der Waals surface area contributed by atoms with E-state index in [1.54, 1.807) is 7.11 Å².